The van der Waals surface area contributed by atoms with Crippen molar-refractivity contribution in [2.45, 2.75) is 17.9 Å². The minimum Gasteiger partial charge on any atom is -0.263 e. The Morgan fingerprint density at radius 1 is 1.12 bits per heavy atom. The second-order valence-electron chi connectivity index (χ2n) is 5.78. The van der Waals surface area contributed by atoms with Crippen molar-refractivity contribution >= 4 is 37.6 Å². The molecule has 0 amide bonds. The maximum Gasteiger partial charge on any atom is 0.241 e. The highest BCUT2D eigenvalue weighted by Crippen LogP contribution is 2.29. The third kappa shape index (κ3) is 4.32. The molecule has 1 N–H and O–H groups in total. The predicted octanol–water partition coefficient (Wildman–Crippen LogP) is 5.20. The Morgan fingerprint density at radius 2 is 1.88 bits per heavy atom. The van der Waals surface area contributed by atoms with Gasteiger partial charge in [0.2, 0.25) is 10.0 Å². The zero-order chi connectivity index (χ0) is 18.7. The molecule has 7 heteroatoms. The molecule has 3 aromatic rings. The number of hydrogen-bond donors (Lipinski definition) is 1. The van der Waals surface area contributed by atoms with Crippen molar-refractivity contribution < 1.29 is 8.42 Å². The zero-order valence-electron chi connectivity index (χ0n) is 13.9. The first-order chi connectivity index (χ1) is 12.4. The fraction of sp³-hybridized carbons (Fsp3) is 0.105. The summed E-state index contributed by atoms with van der Waals surface area (Å²) in [6, 6.07) is 15.7. The Bertz CT molecular complexity index is 1040. The van der Waals surface area contributed by atoms with Gasteiger partial charge in [-0.05, 0) is 48.4 Å². The van der Waals surface area contributed by atoms with Gasteiger partial charge < -0.3 is 0 Å². The maximum atomic E-state index is 12.6. The van der Waals surface area contributed by atoms with Crippen molar-refractivity contribution in [2.24, 2.45) is 0 Å². The monoisotopic (exact) mass is 450 g/mol. The molecule has 0 radical (unpaired) electrons. The first-order valence-electron chi connectivity index (χ1n) is 7.84. The molecule has 0 aliphatic heterocycles. The van der Waals surface area contributed by atoms with Gasteiger partial charge in [0.05, 0.1) is 9.92 Å². The van der Waals surface area contributed by atoms with Gasteiger partial charge in [-0.15, -0.1) is 0 Å². The van der Waals surface area contributed by atoms with Crippen LogP contribution in [0.1, 0.15) is 18.5 Å². The van der Waals surface area contributed by atoms with Crippen LogP contribution in [-0.2, 0) is 10.0 Å². The highest BCUT2D eigenvalue weighted by atomic mass is 79.9. The quantitative estimate of drug-likeness (QED) is 0.580. The summed E-state index contributed by atoms with van der Waals surface area (Å²) in [5, 5.41) is 0.548. The van der Waals surface area contributed by atoms with Gasteiger partial charge in [-0.25, -0.2) is 13.1 Å². The number of sulfonamides is 1. The van der Waals surface area contributed by atoms with E-state index in [1.54, 1.807) is 36.7 Å². The molecule has 1 heterocycles. The van der Waals surface area contributed by atoms with Crippen molar-refractivity contribution in [3.05, 3.63) is 82.0 Å². The largest absolute Gasteiger partial charge is 0.263 e. The Balaban J connectivity index is 1.88. The zero-order valence-corrected chi connectivity index (χ0v) is 17.0. The van der Waals surface area contributed by atoms with Gasteiger partial charge in [-0.2, -0.15) is 0 Å². The first kappa shape index (κ1) is 19.0. The van der Waals surface area contributed by atoms with E-state index in [0.717, 1.165) is 16.7 Å². The molecule has 4 nitrogen and oxygen atoms in total. The van der Waals surface area contributed by atoms with Crippen molar-refractivity contribution in [3.8, 4) is 11.1 Å². The summed E-state index contributed by atoms with van der Waals surface area (Å²) >= 11 is 9.51. The lowest BCUT2D eigenvalue weighted by Crippen LogP contribution is -2.26. The van der Waals surface area contributed by atoms with Crippen LogP contribution in [0, 0.1) is 0 Å². The van der Waals surface area contributed by atoms with Crippen molar-refractivity contribution in [1.82, 2.24) is 9.71 Å². The molecule has 0 bridgehead atoms. The van der Waals surface area contributed by atoms with Crippen LogP contribution < -0.4 is 4.72 Å². The second-order valence-corrected chi connectivity index (χ2v) is 8.82. The van der Waals surface area contributed by atoms with E-state index in [4.69, 9.17) is 11.6 Å². The number of rotatable bonds is 5. The number of nitrogens with one attached hydrogen (secondary N) is 1. The normalized spacial score (nSPS) is 12.7. The van der Waals surface area contributed by atoms with Crippen LogP contribution in [0.25, 0.3) is 11.1 Å². The van der Waals surface area contributed by atoms with Gasteiger partial charge in [0.15, 0.2) is 0 Å². The maximum absolute atomic E-state index is 12.6. The predicted molar refractivity (Wildman–Crippen MR) is 108 cm³/mol. The van der Waals surface area contributed by atoms with Crippen LogP contribution in [-0.4, -0.2) is 13.4 Å². The summed E-state index contributed by atoms with van der Waals surface area (Å²) in [5.74, 6) is 0. The number of nitrogens with zero attached hydrogens (tertiary/aromatic N) is 1. The summed E-state index contributed by atoms with van der Waals surface area (Å²) < 4.78 is 28.7. The van der Waals surface area contributed by atoms with Gasteiger partial charge in [0.1, 0.15) is 0 Å². The average Bonchev–Trinajstić information content (AvgIpc) is 2.62. The molecule has 2 aromatic carbocycles. The Morgan fingerprint density at radius 3 is 2.62 bits per heavy atom. The van der Waals surface area contributed by atoms with E-state index in [1.807, 2.05) is 37.3 Å². The Kier molecular flexibility index (Phi) is 5.77. The van der Waals surface area contributed by atoms with Crippen LogP contribution in [0.4, 0.5) is 0 Å². The lowest BCUT2D eigenvalue weighted by atomic mass is 10.0. The molecule has 1 atom stereocenters. The van der Waals surface area contributed by atoms with E-state index in [2.05, 4.69) is 25.6 Å². The molecular formula is C19H16BrClN2O2S. The smallest absolute Gasteiger partial charge is 0.241 e. The van der Waals surface area contributed by atoms with E-state index < -0.39 is 16.1 Å². The molecule has 26 heavy (non-hydrogen) atoms. The second kappa shape index (κ2) is 7.88. The van der Waals surface area contributed by atoms with Gasteiger partial charge in [-0.1, -0.05) is 51.8 Å². The average molecular weight is 452 g/mol. The van der Waals surface area contributed by atoms with Crippen LogP contribution >= 0.6 is 27.5 Å². The first-order valence-corrected chi connectivity index (χ1v) is 10.5. The molecule has 1 unspecified atom stereocenters. The lowest BCUT2D eigenvalue weighted by molar-refractivity contribution is 0.567. The topological polar surface area (TPSA) is 59.1 Å². The molecular weight excluding hydrogens is 436 g/mol. The SMILES string of the molecule is CC(NS(=O)(=O)c1cccc(Br)c1)c1cccc(-c2ccncc2Cl)c1. The van der Waals surface area contributed by atoms with E-state index in [-0.39, 0.29) is 4.90 Å². The number of halogens is 2. The molecule has 134 valence electrons. The molecule has 0 saturated carbocycles. The Hall–Kier alpha value is -1.73. The molecule has 0 fully saturated rings. The summed E-state index contributed by atoms with van der Waals surface area (Å²) in [6.07, 6.45) is 3.26. The third-order valence-electron chi connectivity index (χ3n) is 3.91. The molecule has 3 rings (SSSR count). The Labute approximate surface area is 166 Å². The number of hydrogen-bond acceptors (Lipinski definition) is 3. The summed E-state index contributed by atoms with van der Waals surface area (Å²) in [6.45, 7) is 1.81. The molecule has 0 spiro atoms. The molecule has 0 aliphatic carbocycles. The van der Waals surface area contributed by atoms with E-state index >= 15 is 0 Å². The van der Waals surface area contributed by atoms with Gasteiger partial charge in [0, 0.05) is 28.5 Å². The summed E-state index contributed by atoms with van der Waals surface area (Å²) in [4.78, 5) is 4.20. The van der Waals surface area contributed by atoms with Gasteiger partial charge >= 0.3 is 0 Å². The van der Waals surface area contributed by atoms with Crippen molar-refractivity contribution in [1.29, 1.82) is 0 Å². The molecule has 0 aliphatic rings. The van der Waals surface area contributed by atoms with E-state index in [0.29, 0.717) is 9.50 Å². The number of pyridine rings is 1. The van der Waals surface area contributed by atoms with Crippen LogP contribution in [0.5, 0.6) is 0 Å². The number of aromatic nitrogens is 1. The minimum atomic E-state index is -3.63. The fourth-order valence-electron chi connectivity index (χ4n) is 2.59. The lowest BCUT2D eigenvalue weighted by Gasteiger charge is -2.16. The summed E-state index contributed by atoms with van der Waals surface area (Å²) in [5.41, 5.74) is 2.60. The van der Waals surface area contributed by atoms with Gasteiger partial charge in [-0.3, -0.25) is 4.98 Å². The van der Waals surface area contributed by atoms with Crippen LogP contribution in [0.15, 0.2) is 76.4 Å². The van der Waals surface area contributed by atoms with Crippen molar-refractivity contribution in [3.63, 3.8) is 0 Å². The standard InChI is InChI=1S/C19H16BrClN2O2S/c1-13(23-26(24,25)17-7-3-6-16(20)11-17)14-4-2-5-15(10-14)18-8-9-22-12-19(18)21/h2-13,23H,1H3. The highest BCUT2D eigenvalue weighted by Gasteiger charge is 2.19. The summed E-state index contributed by atoms with van der Waals surface area (Å²) in [7, 11) is -3.63. The molecule has 0 saturated heterocycles. The van der Waals surface area contributed by atoms with Crippen LogP contribution in [0.2, 0.25) is 5.02 Å². The third-order valence-corrected chi connectivity index (χ3v) is 6.24. The fourth-order valence-corrected chi connectivity index (χ4v) is 4.64. The van der Waals surface area contributed by atoms with E-state index in [9.17, 15) is 8.42 Å². The van der Waals surface area contributed by atoms with E-state index in [1.165, 1.54) is 0 Å². The number of benzene rings is 2. The molecule has 1 aromatic heterocycles. The van der Waals surface area contributed by atoms with Crippen LogP contribution in [0.3, 0.4) is 0 Å². The van der Waals surface area contributed by atoms with Crippen molar-refractivity contribution in [2.75, 3.05) is 0 Å². The van der Waals surface area contributed by atoms with Gasteiger partial charge in [0.25, 0.3) is 0 Å². The minimum absolute atomic E-state index is 0.215. The highest BCUT2D eigenvalue weighted by molar-refractivity contribution is 9.10.